The molecule has 0 bridgehead atoms. The van der Waals surface area contributed by atoms with Crippen molar-refractivity contribution >= 4 is 28.4 Å². The minimum absolute atomic E-state index is 0.232. The second-order valence-electron chi connectivity index (χ2n) is 6.34. The van der Waals surface area contributed by atoms with E-state index in [-0.39, 0.29) is 11.8 Å². The zero-order valence-corrected chi connectivity index (χ0v) is 13.7. The molecule has 2 heterocycles. The van der Waals surface area contributed by atoms with E-state index in [1.807, 2.05) is 12.1 Å². The Morgan fingerprint density at radius 2 is 2.09 bits per heavy atom. The molecule has 2 amide bonds. The molecule has 3 rings (SSSR count). The normalized spacial score (nSPS) is 14.7. The van der Waals surface area contributed by atoms with Gasteiger partial charge in [0.05, 0.1) is 12.1 Å². The third-order valence-electron chi connectivity index (χ3n) is 3.94. The highest BCUT2D eigenvalue weighted by molar-refractivity contribution is 6.04. The molecule has 5 heteroatoms. The first kappa shape index (κ1) is 15.3. The molecule has 1 aliphatic rings. The van der Waals surface area contributed by atoms with Gasteiger partial charge < -0.3 is 9.88 Å². The Hall–Kier alpha value is -2.56. The maximum absolute atomic E-state index is 11.8. The fourth-order valence-electron chi connectivity index (χ4n) is 2.92. The third kappa shape index (κ3) is 2.99. The summed E-state index contributed by atoms with van der Waals surface area (Å²) in [5.74, 6) is 0.0791. The van der Waals surface area contributed by atoms with Gasteiger partial charge >= 0.3 is 0 Å². The van der Waals surface area contributed by atoms with E-state index in [0.717, 1.165) is 28.8 Å². The van der Waals surface area contributed by atoms with Crippen LogP contribution in [0.25, 0.3) is 10.9 Å². The van der Waals surface area contributed by atoms with Gasteiger partial charge in [0, 0.05) is 42.5 Å². The van der Waals surface area contributed by atoms with Crippen LogP contribution in [0.2, 0.25) is 0 Å². The van der Waals surface area contributed by atoms with Gasteiger partial charge in [-0.15, -0.1) is 0 Å². The quantitative estimate of drug-likeness (QED) is 0.944. The number of carbonyl (C=O) groups excluding carboxylic acids is 2. The van der Waals surface area contributed by atoms with Gasteiger partial charge in [0.25, 0.3) is 5.91 Å². The molecule has 0 saturated heterocycles. The van der Waals surface area contributed by atoms with Gasteiger partial charge in [-0.1, -0.05) is 19.9 Å². The summed E-state index contributed by atoms with van der Waals surface area (Å²) in [7, 11) is 0. The second-order valence-corrected chi connectivity index (χ2v) is 6.34. The van der Waals surface area contributed by atoms with Crippen LogP contribution in [0, 0.1) is 5.92 Å². The number of aromatic nitrogens is 1. The standard InChI is InChI=1S/C18H21N3O2/c1-12(2)10-20-8-7-15-16(5-4-6-17(15)20)19-14-9-18(23)21(11-14)13(3)22/h4-9,12,19H,10-11H2,1-3H3. The van der Waals surface area contributed by atoms with Crippen molar-refractivity contribution in [3.05, 3.63) is 42.2 Å². The number of anilines is 1. The molecule has 1 aromatic carbocycles. The van der Waals surface area contributed by atoms with Crippen LogP contribution in [0.1, 0.15) is 20.8 Å². The van der Waals surface area contributed by atoms with E-state index in [4.69, 9.17) is 0 Å². The van der Waals surface area contributed by atoms with Crippen molar-refractivity contribution in [3.8, 4) is 0 Å². The van der Waals surface area contributed by atoms with Crippen LogP contribution in [0.5, 0.6) is 0 Å². The van der Waals surface area contributed by atoms with E-state index < -0.39 is 0 Å². The van der Waals surface area contributed by atoms with Crippen LogP contribution in [0.3, 0.4) is 0 Å². The Balaban J connectivity index is 1.87. The summed E-state index contributed by atoms with van der Waals surface area (Å²) in [6.45, 7) is 7.06. The molecular formula is C18H21N3O2. The average molecular weight is 311 g/mol. The van der Waals surface area contributed by atoms with Gasteiger partial charge in [0.1, 0.15) is 0 Å². The van der Waals surface area contributed by atoms with Gasteiger partial charge in [-0.05, 0) is 24.1 Å². The van der Waals surface area contributed by atoms with Gasteiger partial charge in [-0.3, -0.25) is 14.5 Å². The Morgan fingerprint density at radius 1 is 1.30 bits per heavy atom. The molecule has 0 aliphatic carbocycles. The van der Waals surface area contributed by atoms with Crippen molar-refractivity contribution in [1.82, 2.24) is 9.47 Å². The zero-order chi connectivity index (χ0) is 16.6. The molecule has 23 heavy (non-hydrogen) atoms. The number of nitrogens with zero attached hydrogens (tertiary/aromatic N) is 2. The highest BCUT2D eigenvalue weighted by Crippen LogP contribution is 2.27. The summed E-state index contributed by atoms with van der Waals surface area (Å²) in [5, 5.41) is 4.41. The Kier molecular flexibility index (Phi) is 3.94. The number of hydrogen-bond donors (Lipinski definition) is 1. The molecule has 0 fully saturated rings. The van der Waals surface area contributed by atoms with Crippen molar-refractivity contribution in [3.63, 3.8) is 0 Å². The molecule has 2 aromatic rings. The molecule has 1 N–H and O–H groups in total. The molecule has 120 valence electrons. The second kappa shape index (κ2) is 5.91. The summed E-state index contributed by atoms with van der Waals surface area (Å²) in [4.78, 5) is 24.4. The highest BCUT2D eigenvalue weighted by Gasteiger charge is 2.24. The minimum Gasteiger partial charge on any atom is -0.357 e. The third-order valence-corrected chi connectivity index (χ3v) is 3.94. The van der Waals surface area contributed by atoms with E-state index in [9.17, 15) is 9.59 Å². The first-order valence-electron chi connectivity index (χ1n) is 7.83. The number of nitrogens with one attached hydrogen (secondary N) is 1. The molecule has 0 atom stereocenters. The number of carbonyl (C=O) groups is 2. The van der Waals surface area contributed by atoms with E-state index in [1.165, 1.54) is 17.9 Å². The van der Waals surface area contributed by atoms with Crippen LogP contribution in [0.4, 0.5) is 5.69 Å². The topological polar surface area (TPSA) is 54.3 Å². The number of fused-ring (bicyclic) bond motifs is 1. The Morgan fingerprint density at radius 3 is 2.74 bits per heavy atom. The molecule has 5 nitrogen and oxygen atoms in total. The van der Waals surface area contributed by atoms with Gasteiger partial charge in [0.2, 0.25) is 5.91 Å². The zero-order valence-electron chi connectivity index (χ0n) is 13.7. The van der Waals surface area contributed by atoms with Crippen LogP contribution in [-0.4, -0.2) is 27.8 Å². The smallest absolute Gasteiger partial charge is 0.255 e. The summed E-state index contributed by atoms with van der Waals surface area (Å²) in [6, 6.07) is 8.17. The van der Waals surface area contributed by atoms with Gasteiger partial charge in [-0.25, -0.2) is 0 Å². The number of hydrogen-bond acceptors (Lipinski definition) is 3. The summed E-state index contributed by atoms with van der Waals surface area (Å²) >= 11 is 0. The Bertz CT molecular complexity index is 802. The molecule has 1 aliphatic heterocycles. The Labute approximate surface area is 135 Å². The fourth-order valence-corrected chi connectivity index (χ4v) is 2.92. The summed E-state index contributed by atoms with van der Waals surface area (Å²) in [6.07, 6.45) is 3.58. The lowest BCUT2D eigenvalue weighted by molar-refractivity contribution is -0.138. The molecule has 0 radical (unpaired) electrons. The lowest BCUT2D eigenvalue weighted by Gasteiger charge is -2.13. The van der Waals surface area contributed by atoms with E-state index in [2.05, 4.69) is 42.1 Å². The maximum Gasteiger partial charge on any atom is 0.255 e. The van der Waals surface area contributed by atoms with Crippen molar-refractivity contribution in [2.45, 2.75) is 27.3 Å². The number of benzene rings is 1. The largest absolute Gasteiger partial charge is 0.357 e. The van der Waals surface area contributed by atoms with E-state index >= 15 is 0 Å². The molecule has 0 unspecified atom stereocenters. The lowest BCUT2D eigenvalue weighted by atomic mass is 10.2. The maximum atomic E-state index is 11.8. The average Bonchev–Trinajstić information content (AvgIpc) is 3.03. The van der Waals surface area contributed by atoms with Crippen molar-refractivity contribution < 1.29 is 9.59 Å². The molecule has 0 saturated carbocycles. The van der Waals surface area contributed by atoms with Gasteiger partial charge in [0.15, 0.2) is 0 Å². The van der Waals surface area contributed by atoms with Crippen LogP contribution in [0.15, 0.2) is 42.2 Å². The first-order valence-corrected chi connectivity index (χ1v) is 7.83. The summed E-state index contributed by atoms with van der Waals surface area (Å²) < 4.78 is 2.24. The van der Waals surface area contributed by atoms with E-state index in [0.29, 0.717) is 12.5 Å². The minimum atomic E-state index is -0.260. The predicted molar refractivity (Wildman–Crippen MR) is 90.9 cm³/mol. The highest BCUT2D eigenvalue weighted by atomic mass is 16.2. The molecular weight excluding hydrogens is 290 g/mol. The predicted octanol–water partition coefficient (Wildman–Crippen LogP) is 2.98. The monoisotopic (exact) mass is 311 g/mol. The van der Waals surface area contributed by atoms with Crippen molar-refractivity contribution in [1.29, 1.82) is 0 Å². The van der Waals surface area contributed by atoms with Crippen molar-refractivity contribution in [2.75, 3.05) is 11.9 Å². The SMILES string of the molecule is CC(=O)N1CC(Nc2cccc3c2ccn3CC(C)C)=CC1=O. The van der Waals surface area contributed by atoms with Crippen molar-refractivity contribution in [2.24, 2.45) is 5.92 Å². The van der Waals surface area contributed by atoms with Crippen LogP contribution < -0.4 is 5.32 Å². The number of rotatable bonds is 4. The number of imide groups is 1. The number of amides is 2. The summed E-state index contributed by atoms with van der Waals surface area (Å²) in [5.41, 5.74) is 2.86. The first-order chi connectivity index (χ1) is 11.0. The van der Waals surface area contributed by atoms with Crippen LogP contribution in [-0.2, 0) is 16.1 Å². The molecule has 0 spiro atoms. The van der Waals surface area contributed by atoms with E-state index in [1.54, 1.807) is 0 Å². The van der Waals surface area contributed by atoms with Crippen LogP contribution >= 0.6 is 0 Å². The fraction of sp³-hybridized carbons (Fsp3) is 0.333. The molecule has 1 aromatic heterocycles. The van der Waals surface area contributed by atoms with Gasteiger partial charge in [-0.2, -0.15) is 0 Å². The lowest BCUT2D eigenvalue weighted by Crippen LogP contribution is -2.31.